The predicted octanol–water partition coefficient (Wildman–Crippen LogP) is 5.28. The van der Waals surface area contributed by atoms with Crippen molar-refractivity contribution in [2.45, 2.75) is 6.92 Å². The first-order chi connectivity index (χ1) is 16.0. The maximum Gasteiger partial charge on any atom is 0.262 e. The molecule has 6 heteroatoms. The molecule has 1 aromatic heterocycles. The monoisotopic (exact) mass is 435 g/mol. The van der Waals surface area contributed by atoms with Gasteiger partial charge in [0.2, 0.25) is 5.78 Å². The van der Waals surface area contributed by atoms with E-state index in [-0.39, 0.29) is 23.9 Å². The average Bonchev–Trinajstić information content (AvgIpc) is 3.27. The number of nitrogens with zero attached hydrogens (tertiary/aromatic N) is 1. The van der Waals surface area contributed by atoms with Crippen LogP contribution in [0.5, 0.6) is 5.75 Å². The number of hydrogen-bond acceptors (Lipinski definition) is 4. The second kappa shape index (κ2) is 9.67. The lowest BCUT2D eigenvalue weighted by atomic mass is 10.0. The first kappa shape index (κ1) is 21.6. The Balaban J connectivity index is 1.40. The van der Waals surface area contributed by atoms with Gasteiger partial charge in [0.05, 0.1) is 0 Å². The summed E-state index contributed by atoms with van der Waals surface area (Å²) in [6, 6.07) is 23.8. The Labute approximate surface area is 191 Å². The number of rotatable bonds is 7. The van der Waals surface area contributed by atoms with E-state index < -0.39 is 0 Å². The highest BCUT2D eigenvalue weighted by Crippen LogP contribution is 2.22. The summed E-state index contributed by atoms with van der Waals surface area (Å²) in [7, 11) is 0. The smallest absolute Gasteiger partial charge is 0.262 e. The van der Waals surface area contributed by atoms with Gasteiger partial charge in [-0.05, 0) is 48.9 Å². The first-order valence-corrected chi connectivity index (χ1v) is 10.4. The third kappa shape index (κ3) is 5.17. The average molecular weight is 435 g/mol. The van der Waals surface area contributed by atoms with Crippen molar-refractivity contribution in [1.29, 1.82) is 5.26 Å². The van der Waals surface area contributed by atoms with Crippen molar-refractivity contribution in [1.82, 2.24) is 4.98 Å². The Morgan fingerprint density at radius 1 is 1.03 bits per heavy atom. The minimum atomic E-state index is -0.344. The predicted molar refractivity (Wildman–Crippen MR) is 128 cm³/mol. The van der Waals surface area contributed by atoms with Crippen LogP contribution in [0.4, 0.5) is 5.69 Å². The van der Waals surface area contributed by atoms with Crippen LogP contribution in [-0.2, 0) is 4.79 Å². The zero-order valence-electron chi connectivity index (χ0n) is 18.0. The SMILES string of the molecule is Cc1ccc(NC(=O)COc2ccc(/C=C(\C#N)C(=O)c3c[nH]c4ccccc34)cc2)cc1. The molecule has 0 bridgehead atoms. The molecule has 0 aliphatic carbocycles. The summed E-state index contributed by atoms with van der Waals surface area (Å²) < 4.78 is 5.54. The molecular formula is C27H21N3O3. The summed E-state index contributed by atoms with van der Waals surface area (Å²) >= 11 is 0. The van der Waals surface area contributed by atoms with Crippen molar-refractivity contribution in [3.63, 3.8) is 0 Å². The maximum absolute atomic E-state index is 12.9. The van der Waals surface area contributed by atoms with Gasteiger partial charge in [-0.2, -0.15) is 5.26 Å². The van der Waals surface area contributed by atoms with Crippen LogP contribution in [0, 0.1) is 18.3 Å². The van der Waals surface area contributed by atoms with E-state index in [0.29, 0.717) is 22.6 Å². The number of hydrogen-bond donors (Lipinski definition) is 2. The molecule has 0 atom stereocenters. The number of ketones is 1. The Bertz CT molecular complexity index is 1370. The molecule has 4 aromatic rings. The number of aromatic amines is 1. The standard InChI is InChI=1S/C27H21N3O3/c1-18-6-10-21(11-7-18)30-26(31)17-33-22-12-8-19(9-13-22)14-20(15-28)27(32)24-16-29-25-5-3-2-4-23(24)25/h2-14,16,29H,17H2,1H3,(H,30,31)/b20-14+. The Kier molecular flexibility index (Phi) is 6.33. The van der Waals surface area contributed by atoms with Gasteiger partial charge in [0, 0.05) is 28.4 Å². The van der Waals surface area contributed by atoms with E-state index in [4.69, 9.17) is 4.74 Å². The molecule has 0 saturated carbocycles. The highest BCUT2D eigenvalue weighted by atomic mass is 16.5. The fourth-order valence-corrected chi connectivity index (χ4v) is 3.36. The van der Waals surface area contributed by atoms with E-state index >= 15 is 0 Å². The fraction of sp³-hybridized carbons (Fsp3) is 0.0741. The van der Waals surface area contributed by atoms with E-state index in [1.807, 2.05) is 61.5 Å². The number of H-pyrrole nitrogens is 1. The molecule has 0 saturated heterocycles. The molecule has 162 valence electrons. The molecule has 1 amide bonds. The molecule has 2 N–H and O–H groups in total. The van der Waals surface area contributed by atoms with Crippen molar-refractivity contribution < 1.29 is 14.3 Å². The number of ether oxygens (including phenoxy) is 1. The lowest BCUT2D eigenvalue weighted by Gasteiger charge is -2.08. The second-order valence-electron chi connectivity index (χ2n) is 7.52. The summed E-state index contributed by atoms with van der Waals surface area (Å²) in [6.45, 7) is 1.84. The minimum Gasteiger partial charge on any atom is -0.484 e. The van der Waals surface area contributed by atoms with E-state index in [0.717, 1.165) is 16.5 Å². The Morgan fingerprint density at radius 3 is 2.48 bits per heavy atom. The number of nitriles is 1. The molecule has 0 radical (unpaired) electrons. The molecule has 0 aliphatic heterocycles. The summed E-state index contributed by atoms with van der Waals surface area (Å²) in [5.41, 5.74) is 3.82. The normalized spacial score (nSPS) is 11.1. The summed E-state index contributed by atoms with van der Waals surface area (Å²) in [6.07, 6.45) is 3.16. The van der Waals surface area contributed by atoms with Gasteiger partial charge >= 0.3 is 0 Å². The fourth-order valence-electron chi connectivity index (χ4n) is 3.36. The van der Waals surface area contributed by atoms with Crippen LogP contribution in [-0.4, -0.2) is 23.3 Å². The van der Waals surface area contributed by atoms with E-state index in [9.17, 15) is 14.9 Å². The largest absolute Gasteiger partial charge is 0.484 e. The zero-order valence-corrected chi connectivity index (χ0v) is 18.0. The van der Waals surface area contributed by atoms with Crippen molar-refractivity contribution >= 4 is 34.4 Å². The molecule has 4 rings (SSSR count). The van der Waals surface area contributed by atoms with Crippen LogP contribution in [0.1, 0.15) is 21.5 Å². The number of fused-ring (bicyclic) bond motifs is 1. The van der Waals surface area contributed by atoms with Crippen molar-refractivity contribution in [3.05, 3.63) is 101 Å². The third-order valence-corrected chi connectivity index (χ3v) is 5.10. The van der Waals surface area contributed by atoms with Crippen molar-refractivity contribution in [2.75, 3.05) is 11.9 Å². The number of allylic oxidation sites excluding steroid dienone is 1. The van der Waals surface area contributed by atoms with Gasteiger partial charge in [-0.3, -0.25) is 9.59 Å². The maximum atomic E-state index is 12.9. The van der Waals surface area contributed by atoms with Gasteiger partial charge in [0.15, 0.2) is 6.61 Å². The number of amides is 1. The number of carbonyl (C=O) groups is 2. The van der Waals surface area contributed by atoms with Gasteiger partial charge in [-0.15, -0.1) is 0 Å². The molecule has 0 spiro atoms. The first-order valence-electron chi connectivity index (χ1n) is 10.4. The number of carbonyl (C=O) groups excluding carboxylic acids is 2. The third-order valence-electron chi connectivity index (χ3n) is 5.10. The van der Waals surface area contributed by atoms with Gasteiger partial charge in [-0.1, -0.05) is 48.0 Å². The van der Waals surface area contributed by atoms with Gasteiger partial charge in [-0.25, -0.2) is 0 Å². The minimum absolute atomic E-state index is 0.0332. The van der Waals surface area contributed by atoms with Crippen LogP contribution < -0.4 is 10.1 Å². The zero-order chi connectivity index (χ0) is 23.2. The second-order valence-corrected chi connectivity index (χ2v) is 7.52. The van der Waals surface area contributed by atoms with Crippen LogP contribution in [0.25, 0.3) is 17.0 Å². The van der Waals surface area contributed by atoms with E-state index in [1.54, 1.807) is 30.5 Å². The number of aromatic nitrogens is 1. The number of para-hydroxylation sites is 1. The Hall–Kier alpha value is -4.63. The molecule has 33 heavy (non-hydrogen) atoms. The van der Waals surface area contributed by atoms with Gasteiger partial charge < -0.3 is 15.0 Å². The topological polar surface area (TPSA) is 95.0 Å². The van der Waals surface area contributed by atoms with Crippen LogP contribution in [0.3, 0.4) is 0 Å². The molecular weight excluding hydrogens is 414 g/mol. The number of nitrogens with one attached hydrogen (secondary N) is 2. The summed E-state index contributed by atoms with van der Waals surface area (Å²) in [5, 5.41) is 13.1. The molecule has 3 aromatic carbocycles. The van der Waals surface area contributed by atoms with Crippen LogP contribution >= 0.6 is 0 Å². The lowest BCUT2D eigenvalue weighted by Crippen LogP contribution is -2.20. The number of anilines is 1. The Morgan fingerprint density at radius 2 is 1.76 bits per heavy atom. The number of Topliss-reactive ketones (excluding diaryl/α,β-unsaturated/α-hetero) is 1. The number of aryl methyl sites for hydroxylation is 1. The highest BCUT2D eigenvalue weighted by molar-refractivity contribution is 6.19. The van der Waals surface area contributed by atoms with Crippen LogP contribution in [0.15, 0.2) is 84.6 Å². The molecule has 1 heterocycles. The van der Waals surface area contributed by atoms with Crippen LogP contribution in [0.2, 0.25) is 0 Å². The lowest BCUT2D eigenvalue weighted by molar-refractivity contribution is -0.118. The number of benzene rings is 3. The summed E-state index contributed by atoms with van der Waals surface area (Å²) in [5.74, 6) is -0.102. The van der Waals surface area contributed by atoms with Gasteiger partial charge in [0.1, 0.15) is 17.4 Å². The van der Waals surface area contributed by atoms with E-state index in [2.05, 4.69) is 10.3 Å². The van der Waals surface area contributed by atoms with Crippen molar-refractivity contribution in [3.8, 4) is 11.8 Å². The molecule has 0 aliphatic rings. The quantitative estimate of drug-likeness (QED) is 0.234. The molecule has 0 unspecified atom stereocenters. The van der Waals surface area contributed by atoms with Crippen molar-refractivity contribution in [2.24, 2.45) is 0 Å². The summed E-state index contributed by atoms with van der Waals surface area (Å²) in [4.78, 5) is 28.0. The molecule has 6 nitrogen and oxygen atoms in total. The van der Waals surface area contributed by atoms with Gasteiger partial charge in [0.25, 0.3) is 5.91 Å². The molecule has 0 fully saturated rings. The highest BCUT2D eigenvalue weighted by Gasteiger charge is 2.16. The van der Waals surface area contributed by atoms with E-state index in [1.165, 1.54) is 6.08 Å².